The van der Waals surface area contributed by atoms with Gasteiger partial charge in [-0.3, -0.25) is 9.88 Å². The largest absolute Gasteiger partial charge is 0.314 e. The van der Waals surface area contributed by atoms with E-state index in [1.807, 2.05) is 11.7 Å². The molecule has 0 aromatic carbocycles. The molecule has 1 aromatic rings. The second-order valence-electron chi connectivity index (χ2n) is 4.55. The van der Waals surface area contributed by atoms with Crippen LogP contribution in [0, 0.1) is 5.92 Å². The highest BCUT2D eigenvalue weighted by molar-refractivity contribution is 7.09. The number of hydrogen-bond acceptors (Lipinski definition) is 4. The standard InChI is InChI=1S/C11H17N3S/c1-2-9(1)11-6-12-3-4-14(11)7-10-5-13-8-15-10/h5,8-9,11-12H,1-4,6-7H2. The molecule has 0 amide bonds. The highest BCUT2D eigenvalue weighted by Gasteiger charge is 2.36. The lowest BCUT2D eigenvalue weighted by Gasteiger charge is -2.36. The lowest BCUT2D eigenvalue weighted by atomic mass is 10.1. The Hall–Kier alpha value is -0.450. The predicted octanol–water partition coefficient (Wildman–Crippen LogP) is 1.33. The summed E-state index contributed by atoms with van der Waals surface area (Å²) >= 11 is 1.78. The average molecular weight is 223 g/mol. The molecule has 1 aliphatic carbocycles. The van der Waals surface area contributed by atoms with Crippen LogP contribution in [0.5, 0.6) is 0 Å². The summed E-state index contributed by atoms with van der Waals surface area (Å²) in [6, 6.07) is 0.779. The van der Waals surface area contributed by atoms with Gasteiger partial charge in [0.15, 0.2) is 0 Å². The van der Waals surface area contributed by atoms with Gasteiger partial charge in [0.2, 0.25) is 0 Å². The van der Waals surface area contributed by atoms with Crippen molar-refractivity contribution in [2.75, 3.05) is 19.6 Å². The van der Waals surface area contributed by atoms with E-state index in [1.54, 1.807) is 11.3 Å². The maximum atomic E-state index is 4.15. The van der Waals surface area contributed by atoms with Gasteiger partial charge in [0.1, 0.15) is 0 Å². The van der Waals surface area contributed by atoms with Crippen molar-refractivity contribution in [1.82, 2.24) is 15.2 Å². The third-order valence-electron chi connectivity index (χ3n) is 3.41. The first-order valence-electron chi connectivity index (χ1n) is 5.75. The van der Waals surface area contributed by atoms with Crippen LogP contribution >= 0.6 is 11.3 Å². The number of piperazine rings is 1. The van der Waals surface area contributed by atoms with Crippen LogP contribution in [0.25, 0.3) is 0 Å². The van der Waals surface area contributed by atoms with Gasteiger partial charge < -0.3 is 5.32 Å². The Labute approximate surface area is 94.5 Å². The maximum absolute atomic E-state index is 4.15. The molecule has 1 aliphatic heterocycles. The number of aromatic nitrogens is 1. The van der Waals surface area contributed by atoms with E-state index >= 15 is 0 Å². The summed E-state index contributed by atoms with van der Waals surface area (Å²) in [5.41, 5.74) is 1.93. The summed E-state index contributed by atoms with van der Waals surface area (Å²) < 4.78 is 0. The van der Waals surface area contributed by atoms with E-state index in [2.05, 4.69) is 15.2 Å². The lowest BCUT2D eigenvalue weighted by molar-refractivity contribution is 0.137. The van der Waals surface area contributed by atoms with Gasteiger partial charge in [0, 0.05) is 43.3 Å². The Balaban J connectivity index is 1.66. The van der Waals surface area contributed by atoms with Crippen molar-refractivity contribution < 1.29 is 0 Å². The summed E-state index contributed by atoms with van der Waals surface area (Å²) in [7, 11) is 0. The summed E-state index contributed by atoms with van der Waals surface area (Å²) in [5.74, 6) is 0.964. The van der Waals surface area contributed by atoms with Gasteiger partial charge >= 0.3 is 0 Å². The summed E-state index contributed by atoms with van der Waals surface area (Å²) in [5, 5.41) is 3.51. The quantitative estimate of drug-likeness (QED) is 0.838. The maximum Gasteiger partial charge on any atom is 0.0794 e. The van der Waals surface area contributed by atoms with Crippen LogP contribution < -0.4 is 5.32 Å². The molecule has 1 saturated heterocycles. The number of rotatable bonds is 3. The van der Waals surface area contributed by atoms with E-state index in [9.17, 15) is 0 Å². The molecule has 1 atom stereocenters. The Morgan fingerprint density at radius 2 is 2.47 bits per heavy atom. The molecule has 2 aliphatic rings. The van der Waals surface area contributed by atoms with Crippen LogP contribution in [0.2, 0.25) is 0 Å². The zero-order chi connectivity index (χ0) is 10.1. The monoisotopic (exact) mass is 223 g/mol. The van der Waals surface area contributed by atoms with Gasteiger partial charge in [-0.2, -0.15) is 0 Å². The third-order valence-corrected chi connectivity index (χ3v) is 4.17. The second-order valence-corrected chi connectivity index (χ2v) is 5.52. The summed E-state index contributed by atoms with van der Waals surface area (Å²) in [6.07, 6.45) is 4.88. The Morgan fingerprint density at radius 1 is 1.53 bits per heavy atom. The summed E-state index contributed by atoms with van der Waals surface area (Å²) in [4.78, 5) is 8.20. The van der Waals surface area contributed by atoms with Crippen LogP contribution in [0.15, 0.2) is 11.7 Å². The molecule has 1 aromatic heterocycles. The fourth-order valence-electron chi connectivity index (χ4n) is 2.43. The Kier molecular flexibility index (Phi) is 2.73. The first kappa shape index (κ1) is 9.75. The molecular formula is C11H17N3S. The number of nitrogens with zero attached hydrogens (tertiary/aromatic N) is 2. The van der Waals surface area contributed by atoms with Gasteiger partial charge in [-0.15, -0.1) is 11.3 Å². The molecule has 2 fully saturated rings. The Morgan fingerprint density at radius 3 is 3.20 bits per heavy atom. The van der Waals surface area contributed by atoms with Crippen LogP contribution in [-0.2, 0) is 6.54 Å². The first-order chi connectivity index (χ1) is 7.43. The SMILES string of the molecule is c1ncc(CN2CCNCC2C2CC2)s1. The number of thiazole rings is 1. The topological polar surface area (TPSA) is 28.2 Å². The molecule has 1 unspecified atom stereocenters. The highest BCUT2D eigenvalue weighted by Crippen LogP contribution is 2.36. The predicted molar refractivity (Wildman–Crippen MR) is 61.9 cm³/mol. The zero-order valence-electron chi connectivity index (χ0n) is 8.85. The average Bonchev–Trinajstić information content (AvgIpc) is 2.99. The van der Waals surface area contributed by atoms with Gasteiger partial charge in [0.25, 0.3) is 0 Å². The van der Waals surface area contributed by atoms with Crippen molar-refractivity contribution >= 4 is 11.3 Å². The van der Waals surface area contributed by atoms with Crippen molar-refractivity contribution in [2.24, 2.45) is 5.92 Å². The number of nitrogens with one attached hydrogen (secondary N) is 1. The van der Waals surface area contributed by atoms with Crippen molar-refractivity contribution in [2.45, 2.75) is 25.4 Å². The minimum atomic E-state index is 0.779. The van der Waals surface area contributed by atoms with E-state index in [0.29, 0.717) is 0 Å². The molecule has 3 rings (SSSR count). The molecule has 1 saturated carbocycles. The van der Waals surface area contributed by atoms with E-state index in [0.717, 1.165) is 25.0 Å². The van der Waals surface area contributed by atoms with E-state index in [1.165, 1.54) is 30.8 Å². The fraction of sp³-hybridized carbons (Fsp3) is 0.727. The van der Waals surface area contributed by atoms with Crippen molar-refractivity contribution in [1.29, 1.82) is 0 Å². The Bertz CT molecular complexity index is 308. The molecule has 15 heavy (non-hydrogen) atoms. The minimum absolute atomic E-state index is 0.779. The first-order valence-corrected chi connectivity index (χ1v) is 6.63. The van der Waals surface area contributed by atoms with Gasteiger partial charge in [-0.05, 0) is 18.8 Å². The third kappa shape index (κ3) is 2.22. The van der Waals surface area contributed by atoms with Crippen molar-refractivity contribution in [3.05, 3.63) is 16.6 Å². The van der Waals surface area contributed by atoms with Gasteiger partial charge in [0.05, 0.1) is 5.51 Å². The van der Waals surface area contributed by atoms with Crippen molar-refractivity contribution in [3.63, 3.8) is 0 Å². The fourth-order valence-corrected chi connectivity index (χ4v) is 3.05. The zero-order valence-corrected chi connectivity index (χ0v) is 9.67. The molecular weight excluding hydrogens is 206 g/mol. The normalized spacial score (nSPS) is 28.1. The highest BCUT2D eigenvalue weighted by atomic mass is 32.1. The van der Waals surface area contributed by atoms with E-state index < -0.39 is 0 Å². The van der Waals surface area contributed by atoms with Crippen LogP contribution in [0.4, 0.5) is 0 Å². The van der Waals surface area contributed by atoms with Crippen LogP contribution in [-0.4, -0.2) is 35.6 Å². The van der Waals surface area contributed by atoms with Crippen molar-refractivity contribution in [3.8, 4) is 0 Å². The lowest BCUT2D eigenvalue weighted by Crippen LogP contribution is -2.51. The smallest absolute Gasteiger partial charge is 0.0794 e. The van der Waals surface area contributed by atoms with Crippen LogP contribution in [0.1, 0.15) is 17.7 Å². The second kappa shape index (κ2) is 4.20. The minimum Gasteiger partial charge on any atom is -0.314 e. The molecule has 82 valence electrons. The van der Waals surface area contributed by atoms with E-state index in [4.69, 9.17) is 0 Å². The molecule has 0 spiro atoms. The molecule has 0 bridgehead atoms. The molecule has 1 N–H and O–H groups in total. The van der Waals surface area contributed by atoms with E-state index in [-0.39, 0.29) is 0 Å². The molecule has 0 radical (unpaired) electrons. The summed E-state index contributed by atoms with van der Waals surface area (Å²) in [6.45, 7) is 4.62. The molecule has 4 heteroatoms. The van der Waals surface area contributed by atoms with Crippen LogP contribution in [0.3, 0.4) is 0 Å². The number of hydrogen-bond donors (Lipinski definition) is 1. The molecule has 3 nitrogen and oxygen atoms in total. The van der Waals surface area contributed by atoms with Gasteiger partial charge in [-0.1, -0.05) is 0 Å². The van der Waals surface area contributed by atoms with Gasteiger partial charge in [-0.25, -0.2) is 0 Å². The molecule has 2 heterocycles.